The average molecular weight is 329 g/mol. The lowest BCUT2D eigenvalue weighted by molar-refractivity contribution is 0.0689. The lowest BCUT2D eigenvalue weighted by atomic mass is 9.90. The Bertz CT molecular complexity index is 473. The van der Waals surface area contributed by atoms with E-state index in [-0.39, 0.29) is 23.8 Å². The zero-order valence-corrected chi connectivity index (χ0v) is 12.5. The van der Waals surface area contributed by atoms with Gasteiger partial charge in [-0.2, -0.15) is 0 Å². The lowest BCUT2D eigenvalue weighted by Crippen LogP contribution is -2.41. The van der Waals surface area contributed by atoms with Crippen LogP contribution in [0.1, 0.15) is 36.0 Å². The number of amides is 1. The molecule has 19 heavy (non-hydrogen) atoms. The van der Waals surface area contributed by atoms with E-state index in [9.17, 15) is 9.18 Å². The van der Waals surface area contributed by atoms with E-state index in [0.29, 0.717) is 10.0 Å². The molecule has 2 N–H and O–H groups in total. The zero-order valence-electron chi connectivity index (χ0n) is 10.9. The maximum Gasteiger partial charge on any atom is 0.254 e. The molecule has 2 rings (SSSR count). The Kier molecular flexibility index (Phi) is 4.58. The first-order valence-electron chi connectivity index (χ1n) is 6.47. The van der Waals surface area contributed by atoms with Crippen LogP contribution in [0.5, 0.6) is 0 Å². The summed E-state index contributed by atoms with van der Waals surface area (Å²) < 4.78 is 13.5. The van der Waals surface area contributed by atoms with Crippen LogP contribution in [-0.2, 0) is 0 Å². The van der Waals surface area contributed by atoms with Gasteiger partial charge in [-0.3, -0.25) is 4.79 Å². The number of hydrogen-bond donors (Lipinski definition) is 1. The normalized spacial score (nSPS) is 23.2. The summed E-state index contributed by atoms with van der Waals surface area (Å²) in [5, 5.41) is 0. The van der Waals surface area contributed by atoms with E-state index in [1.807, 2.05) is 0 Å². The van der Waals surface area contributed by atoms with E-state index in [2.05, 4.69) is 15.9 Å². The second kappa shape index (κ2) is 6.01. The highest BCUT2D eigenvalue weighted by Crippen LogP contribution is 2.25. The molecular weight excluding hydrogens is 311 g/mol. The summed E-state index contributed by atoms with van der Waals surface area (Å²) in [7, 11) is 1.81. The van der Waals surface area contributed by atoms with Crippen molar-refractivity contribution in [1.82, 2.24) is 4.90 Å². The van der Waals surface area contributed by atoms with Crippen molar-refractivity contribution in [3.8, 4) is 0 Å². The molecule has 1 aromatic carbocycles. The summed E-state index contributed by atoms with van der Waals surface area (Å²) in [5.74, 6) is -0.429. The Morgan fingerprint density at radius 3 is 2.58 bits per heavy atom. The Morgan fingerprint density at radius 2 is 2.00 bits per heavy atom. The molecule has 1 fully saturated rings. The first-order valence-corrected chi connectivity index (χ1v) is 7.26. The van der Waals surface area contributed by atoms with Gasteiger partial charge in [0, 0.05) is 23.6 Å². The maximum atomic E-state index is 13.0. The van der Waals surface area contributed by atoms with Crippen molar-refractivity contribution in [1.29, 1.82) is 0 Å². The van der Waals surface area contributed by atoms with Gasteiger partial charge < -0.3 is 10.6 Å². The Balaban J connectivity index is 2.10. The number of nitrogens with two attached hydrogens (primary N) is 1. The molecular formula is C14H18BrFN2O. The van der Waals surface area contributed by atoms with Crippen LogP contribution in [0, 0.1) is 5.82 Å². The second-order valence-corrected chi connectivity index (χ2v) is 5.96. The Hall–Kier alpha value is -0.940. The van der Waals surface area contributed by atoms with Crippen LogP contribution in [0.2, 0.25) is 0 Å². The Morgan fingerprint density at radius 1 is 1.37 bits per heavy atom. The van der Waals surface area contributed by atoms with E-state index in [4.69, 9.17) is 5.73 Å². The SMILES string of the molecule is CN(C(=O)c1ccc(F)cc1Br)C1CCC(N)CC1. The van der Waals surface area contributed by atoms with E-state index in [0.717, 1.165) is 25.7 Å². The fourth-order valence-corrected chi connectivity index (χ4v) is 3.03. The number of hydrogen-bond acceptors (Lipinski definition) is 2. The third kappa shape index (κ3) is 3.34. The smallest absolute Gasteiger partial charge is 0.254 e. The maximum absolute atomic E-state index is 13.0. The molecule has 0 unspecified atom stereocenters. The number of carbonyl (C=O) groups excluding carboxylic acids is 1. The summed E-state index contributed by atoms with van der Waals surface area (Å²) in [5.41, 5.74) is 6.37. The zero-order chi connectivity index (χ0) is 14.0. The number of benzene rings is 1. The molecule has 0 bridgehead atoms. The van der Waals surface area contributed by atoms with Crippen LogP contribution in [0.25, 0.3) is 0 Å². The molecule has 3 nitrogen and oxygen atoms in total. The molecule has 0 radical (unpaired) electrons. The van der Waals surface area contributed by atoms with Crippen molar-refractivity contribution >= 4 is 21.8 Å². The fraction of sp³-hybridized carbons (Fsp3) is 0.500. The van der Waals surface area contributed by atoms with Gasteiger partial charge in [0.05, 0.1) is 5.56 Å². The van der Waals surface area contributed by atoms with Crippen LogP contribution in [0.3, 0.4) is 0 Å². The number of nitrogens with zero attached hydrogens (tertiary/aromatic N) is 1. The molecule has 1 aliphatic carbocycles. The minimum atomic E-state index is -0.352. The minimum Gasteiger partial charge on any atom is -0.339 e. The van der Waals surface area contributed by atoms with Gasteiger partial charge >= 0.3 is 0 Å². The van der Waals surface area contributed by atoms with Crippen molar-refractivity contribution < 1.29 is 9.18 Å². The van der Waals surface area contributed by atoms with E-state index in [1.165, 1.54) is 18.2 Å². The topological polar surface area (TPSA) is 46.3 Å². The second-order valence-electron chi connectivity index (χ2n) is 5.11. The van der Waals surface area contributed by atoms with Crippen molar-refractivity contribution in [2.24, 2.45) is 5.73 Å². The molecule has 104 valence electrons. The van der Waals surface area contributed by atoms with Gasteiger partial charge in [0.15, 0.2) is 0 Å². The molecule has 0 heterocycles. The molecule has 0 atom stereocenters. The highest BCUT2D eigenvalue weighted by Gasteiger charge is 2.26. The van der Waals surface area contributed by atoms with Crippen LogP contribution in [0.15, 0.2) is 22.7 Å². The molecule has 1 saturated carbocycles. The summed E-state index contributed by atoms with van der Waals surface area (Å²) >= 11 is 3.24. The van der Waals surface area contributed by atoms with Crippen LogP contribution in [0.4, 0.5) is 4.39 Å². The number of halogens is 2. The van der Waals surface area contributed by atoms with Crippen molar-refractivity contribution in [2.75, 3.05) is 7.05 Å². The number of carbonyl (C=O) groups is 1. The standard InChI is InChI=1S/C14H18BrFN2O/c1-18(11-5-3-10(17)4-6-11)14(19)12-7-2-9(16)8-13(12)15/h2,7-8,10-11H,3-6,17H2,1H3. The van der Waals surface area contributed by atoms with Gasteiger partial charge in [-0.05, 0) is 59.8 Å². The molecule has 0 spiro atoms. The first-order chi connectivity index (χ1) is 8.99. The summed E-state index contributed by atoms with van der Waals surface area (Å²) in [6.45, 7) is 0. The van der Waals surface area contributed by atoms with Crippen LogP contribution in [-0.4, -0.2) is 29.9 Å². The highest BCUT2D eigenvalue weighted by atomic mass is 79.9. The van der Waals surface area contributed by atoms with Crippen LogP contribution >= 0.6 is 15.9 Å². The van der Waals surface area contributed by atoms with Gasteiger partial charge in [-0.1, -0.05) is 0 Å². The largest absolute Gasteiger partial charge is 0.339 e. The molecule has 0 saturated heterocycles. The lowest BCUT2D eigenvalue weighted by Gasteiger charge is -2.33. The van der Waals surface area contributed by atoms with Gasteiger partial charge in [-0.25, -0.2) is 4.39 Å². The Labute approximate surface area is 121 Å². The molecule has 1 aromatic rings. The van der Waals surface area contributed by atoms with E-state index < -0.39 is 0 Å². The monoisotopic (exact) mass is 328 g/mol. The van der Waals surface area contributed by atoms with E-state index >= 15 is 0 Å². The molecule has 1 aliphatic rings. The van der Waals surface area contributed by atoms with Gasteiger partial charge in [0.2, 0.25) is 0 Å². The summed E-state index contributed by atoms with van der Waals surface area (Å²) in [6, 6.07) is 4.63. The van der Waals surface area contributed by atoms with Gasteiger partial charge in [-0.15, -0.1) is 0 Å². The molecule has 0 aliphatic heterocycles. The van der Waals surface area contributed by atoms with Gasteiger partial charge in [0.25, 0.3) is 5.91 Å². The van der Waals surface area contributed by atoms with Gasteiger partial charge in [0.1, 0.15) is 5.82 Å². The van der Waals surface area contributed by atoms with E-state index in [1.54, 1.807) is 11.9 Å². The summed E-state index contributed by atoms with van der Waals surface area (Å²) in [4.78, 5) is 14.2. The van der Waals surface area contributed by atoms with Crippen molar-refractivity contribution in [2.45, 2.75) is 37.8 Å². The average Bonchev–Trinajstić information content (AvgIpc) is 2.38. The van der Waals surface area contributed by atoms with Crippen molar-refractivity contribution in [3.63, 3.8) is 0 Å². The van der Waals surface area contributed by atoms with Crippen LogP contribution < -0.4 is 5.73 Å². The predicted molar refractivity (Wildman–Crippen MR) is 76.4 cm³/mol. The third-order valence-corrected chi connectivity index (χ3v) is 4.43. The first kappa shape index (κ1) is 14.5. The minimum absolute atomic E-state index is 0.0765. The highest BCUT2D eigenvalue weighted by molar-refractivity contribution is 9.10. The number of rotatable bonds is 2. The third-order valence-electron chi connectivity index (χ3n) is 3.77. The van der Waals surface area contributed by atoms with Crippen molar-refractivity contribution in [3.05, 3.63) is 34.1 Å². The predicted octanol–water partition coefficient (Wildman–Crippen LogP) is 2.93. The molecule has 0 aromatic heterocycles. The molecule has 1 amide bonds. The quantitative estimate of drug-likeness (QED) is 0.907. The fourth-order valence-electron chi connectivity index (χ4n) is 2.51. The summed E-state index contributed by atoms with van der Waals surface area (Å²) in [6.07, 6.45) is 3.77. The molecule has 5 heteroatoms.